The van der Waals surface area contributed by atoms with E-state index in [0.29, 0.717) is 0 Å². The topological polar surface area (TPSA) is 3.24 Å². The summed E-state index contributed by atoms with van der Waals surface area (Å²) in [5, 5.41) is 5.11. The molecule has 0 radical (unpaired) electrons. The Balaban J connectivity index is 1.09. The monoisotopic (exact) mass is 783 g/mol. The Morgan fingerprint density at radius 1 is 0.328 bits per heavy atom. The molecule has 0 bridgehead atoms. The van der Waals surface area contributed by atoms with Gasteiger partial charge < -0.3 is 4.90 Å². The van der Waals surface area contributed by atoms with Crippen molar-refractivity contribution in [2.45, 2.75) is 64.2 Å². The van der Waals surface area contributed by atoms with Crippen LogP contribution in [0.25, 0.3) is 54.9 Å². The molecule has 0 aromatic heterocycles. The van der Waals surface area contributed by atoms with Gasteiger partial charge in [-0.2, -0.15) is 0 Å². The van der Waals surface area contributed by atoms with Gasteiger partial charge in [0.1, 0.15) is 0 Å². The molecule has 294 valence electrons. The Morgan fingerprint density at radius 2 is 0.721 bits per heavy atom. The number of benzene rings is 9. The minimum Gasteiger partial charge on any atom is -0.309 e. The summed E-state index contributed by atoms with van der Waals surface area (Å²) in [5.41, 5.74) is 22.5. The van der Waals surface area contributed by atoms with E-state index in [4.69, 9.17) is 0 Å². The standard InChI is InChI=1S/C60H49N/c1-58(2)53-26-16-13-21-44(53)50-35-38(29-32-54(50)58)61(39-28-31-46-43-20-12-15-25-52(43)60(5,6)56(46)36-39)57-47-22-9-7-17-40(47)49(41-18-8-10-23-48(41)57)33-37-27-30-45-42-19-11-14-24-51(42)59(3,4)55(45)34-37/h7-32,34-36H,33H2,1-6H3. The number of nitrogens with zero attached hydrogens (tertiary/aromatic N) is 1. The highest BCUT2D eigenvalue weighted by molar-refractivity contribution is 6.16. The average Bonchev–Trinajstić information content (AvgIpc) is 3.76. The number of anilines is 3. The Morgan fingerprint density at radius 3 is 1.30 bits per heavy atom. The van der Waals surface area contributed by atoms with Gasteiger partial charge in [0.2, 0.25) is 0 Å². The van der Waals surface area contributed by atoms with E-state index < -0.39 is 0 Å². The summed E-state index contributed by atoms with van der Waals surface area (Å²) in [5.74, 6) is 0. The second kappa shape index (κ2) is 12.7. The zero-order chi connectivity index (χ0) is 41.4. The third-order valence-corrected chi connectivity index (χ3v) is 14.9. The average molecular weight is 784 g/mol. The molecule has 0 fully saturated rings. The van der Waals surface area contributed by atoms with Crippen LogP contribution in [0.15, 0.2) is 176 Å². The summed E-state index contributed by atoms with van der Waals surface area (Å²) in [7, 11) is 0. The summed E-state index contributed by atoms with van der Waals surface area (Å²) < 4.78 is 0. The molecular formula is C60H49N. The van der Waals surface area contributed by atoms with Gasteiger partial charge in [0.05, 0.1) is 5.69 Å². The summed E-state index contributed by atoms with van der Waals surface area (Å²) >= 11 is 0. The minimum absolute atomic E-state index is 0.0478. The van der Waals surface area contributed by atoms with Gasteiger partial charge in [0.25, 0.3) is 0 Å². The van der Waals surface area contributed by atoms with Crippen molar-refractivity contribution in [3.63, 3.8) is 0 Å². The highest BCUT2D eigenvalue weighted by Gasteiger charge is 2.39. The number of rotatable bonds is 5. The molecule has 1 nitrogen and oxygen atoms in total. The van der Waals surface area contributed by atoms with Crippen molar-refractivity contribution in [2.24, 2.45) is 0 Å². The third kappa shape index (κ3) is 5.01. The fourth-order valence-corrected chi connectivity index (χ4v) is 11.8. The fourth-order valence-electron chi connectivity index (χ4n) is 11.8. The molecule has 0 amide bonds. The Labute approximate surface area is 360 Å². The van der Waals surface area contributed by atoms with Crippen molar-refractivity contribution in [3.8, 4) is 33.4 Å². The predicted molar refractivity (Wildman–Crippen MR) is 258 cm³/mol. The van der Waals surface area contributed by atoms with Gasteiger partial charge in [-0.3, -0.25) is 0 Å². The van der Waals surface area contributed by atoms with E-state index in [1.54, 1.807) is 0 Å². The maximum Gasteiger partial charge on any atom is 0.0618 e. The van der Waals surface area contributed by atoms with Crippen LogP contribution in [0.1, 0.15) is 86.1 Å². The van der Waals surface area contributed by atoms with Gasteiger partial charge in [0.15, 0.2) is 0 Å². The molecule has 0 saturated carbocycles. The molecule has 0 saturated heterocycles. The van der Waals surface area contributed by atoms with Crippen LogP contribution >= 0.6 is 0 Å². The first-order chi connectivity index (χ1) is 29.5. The van der Waals surface area contributed by atoms with Crippen LogP contribution in [-0.4, -0.2) is 0 Å². The SMILES string of the molecule is CC1(C)c2ccccc2-c2cc(N(c3ccc4c(c3)C(C)(C)c3ccccc3-4)c3c4ccccc4c(Cc4ccc5c(c4)C(C)(C)c4ccccc4-5)c4ccccc34)ccc21. The van der Waals surface area contributed by atoms with Crippen LogP contribution in [0.2, 0.25) is 0 Å². The first-order valence-electron chi connectivity index (χ1n) is 22.0. The molecule has 9 aromatic rings. The smallest absolute Gasteiger partial charge is 0.0618 e. The second-order valence-corrected chi connectivity index (χ2v) is 19.3. The summed E-state index contributed by atoms with van der Waals surface area (Å²) in [6.07, 6.45) is 0.844. The van der Waals surface area contributed by atoms with Crippen LogP contribution in [0.3, 0.4) is 0 Å². The van der Waals surface area contributed by atoms with Crippen LogP contribution < -0.4 is 4.90 Å². The van der Waals surface area contributed by atoms with Gasteiger partial charge in [-0.25, -0.2) is 0 Å². The zero-order valence-electron chi connectivity index (χ0n) is 35.9. The molecule has 9 aromatic carbocycles. The summed E-state index contributed by atoms with van der Waals surface area (Å²) in [6, 6.07) is 67.0. The second-order valence-electron chi connectivity index (χ2n) is 19.3. The molecule has 3 aliphatic rings. The molecular weight excluding hydrogens is 735 g/mol. The predicted octanol–water partition coefficient (Wildman–Crippen LogP) is 16.0. The van der Waals surface area contributed by atoms with Crippen LogP contribution in [0.5, 0.6) is 0 Å². The minimum atomic E-state index is -0.131. The lowest BCUT2D eigenvalue weighted by Gasteiger charge is -2.31. The lowest BCUT2D eigenvalue weighted by Crippen LogP contribution is -2.17. The van der Waals surface area contributed by atoms with Crippen molar-refractivity contribution in [2.75, 3.05) is 4.90 Å². The van der Waals surface area contributed by atoms with Gasteiger partial charge in [-0.05, 0) is 119 Å². The summed E-state index contributed by atoms with van der Waals surface area (Å²) in [4.78, 5) is 2.58. The van der Waals surface area contributed by atoms with Crippen molar-refractivity contribution < 1.29 is 0 Å². The van der Waals surface area contributed by atoms with E-state index in [2.05, 4.69) is 222 Å². The maximum atomic E-state index is 2.58. The molecule has 1 heteroatoms. The molecule has 0 aliphatic heterocycles. The quantitative estimate of drug-likeness (QED) is 0.157. The molecule has 0 unspecified atom stereocenters. The highest BCUT2D eigenvalue weighted by Crippen LogP contribution is 2.55. The van der Waals surface area contributed by atoms with Crippen LogP contribution in [0.4, 0.5) is 17.1 Å². The van der Waals surface area contributed by atoms with E-state index in [0.717, 1.165) is 6.42 Å². The molecule has 3 aliphatic carbocycles. The first kappa shape index (κ1) is 36.2. The molecule has 0 heterocycles. The van der Waals surface area contributed by atoms with E-state index in [9.17, 15) is 0 Å². The molecule has 61 heavy (non-hydrogen) atoms. The normalized spacial score (nSPS) is 15.5. The molecule has 12 rings (SSSR count). The summed E-state index contributed by atoms with van der Waals surface area (Å²) in [6.45, 7) is 14.3. The fraction of sp³-hybridized carbons (Fsp3) is 0.167. The van der Waals surface area contributed by atoms with E-state index in [1.165, 1.54) is 116 Å². The largest absolute Gasteiger partial charge is 0.309 e. The van der Waals surface area contributed by atoms with Gasteiger partial charge >= 0.3 is 0 Å². The van der Waals surface area contributed by atoms with E-state index in [-0.39, 0.29) is 16.2 Å². The molecule has 0 spiro atoms. The lowest BCUT2D eigenvalue weighted by molar-refractivity contribution is 0.659. The number of hydrogen-bond donors (Lipinski definition) is 0. The van der Waals surface area contributed by atoms with Gasteiger partial charge in [-0.1, -0.05) is 193 Å². The third-order valence-electron chi connectivity index (χ3n) is 14.9. The van der Waals surface area contributed by atoms with E-state index >= 15 is 0 Å². The van der Waals surface area contributed by atoms with Crippen LogP contribution in [0, 0.1) is 0 Å². The maximum absolute atomic E-state index is 2.58. The molecule has 0 atom stereocenters. The number of hydrogen-bond acceptors (Lipinski definition) is 1. The van der Waals surface area contributed by atoms with Crippen molar-refractivity contribution >= 4 is 38.6 Å². The lowest BCUT2D eigenvalue weighted by atomic mass is 9.81. The zero-order valence-corrected chi connectivity index (χ0v) is 35.9. The Kier molecular flexibility index (Phi) is 7.51. The van der Waals surface area contributed by atoms with Gasteiger partial charge in [-0.15, -0.1) is 0 Å². The first-order valence-corrected chi connectivity index (χ1v) is 22.0. The van der Waals surface area contributed by atoms with E-state index in [1.807, 2.05) is 0 Å². The van der Waals surface area contributed by atoms with Crippen LogP contribution in [-0.2, 0) is 22.7 Å². The highest BCUT2D eigenvalue weighted by atomic mass is 15.1. The van der Waals surface area contributed by atoms with Crippen molar-refractivity contribution in [3.05, 3.63) is 220 Å². The Hall–Kier alpha value is -6.70. The number of fused-ring (bicyclic) bond motifs is 11. The van der Waals surface area contributed by atoms with Crippen molar-refractivity contribution in [1.29, 1.82) is 0 Å². The molecule has 0 N–H and O–H groups in total. The van der Waals surface area contributed by atoms with Crippen molar-refractivity contribution in [1.82, 2.24) is 0 Å². The Bertz CT molecular complexity index is 3260. The van der Waals surface area contributed by atoms with Gasteiger partial charge in [0, 0.05) is 38.4 Å².